The van der Waals surface area contributed by atoms with Crippen LogP contribution in [0.5, 0.6) is 5.75 Å². The number of rotatable bonds is 4. The Morgan fingerprint density at radius 3 is 2.13 bits per heavy atom. The Kier molecular flexibility index (Phi) is 4.74. The standard InChI is InChI=1S/C17H13F3O3/c1-2-11-3-5-13(6-4-11)16(22)23-15(17(18,19)20)12-7-9-14(21)10-8-12/h2-10,15,21H,1H2. The zero-order chi connectivity index (χ0) is 17.0. The maximum absolute atomic E-state index is 13.1. The van der Waals surface area contributed by atoms with Crippen molar-refractivity contribution < 1.29 is 27.8 Å². The highest BCUT2D eigenvalue weighted by atomic mass is 19.4. The number of benzene rings is 2. The molecule has 0 saturated carbocycles. The predicted molar refractivity (Wildman–Crippen MR) is 78.9 cm³/mol. The average Bonchev–Trinajstić information content (AvgIpc) is 2.52. The highest BCUT2D eigenvalue weighted by Crippen LogP contribution is 2.37. The van der Waals surface area contributed by atoms with Crippen LogP contribution < -0.4 is 0 Å². The molecule has 0 bridgehead atoms. The molecule has 0 aliphatic carbocycles. The Bertz CT molecular complexity index is 689. The Morgan fingerprint density at radius 2 is 1.65 bits per heavy atom. The van der Waals surface area contributed by atoms with Crippen LogP contribution in [0.3, 0.4) is 0 Å². The molecule has 0 amide bonds. The first-order valence-electron chi connectivity index (χ1n) is 6.60. The monoisotopic (exact) mass is 322 g/mol. The van der Waals surface area contributed by atoms with E-state index in [-0.39, 0.29) is 16.9 Å². The number of phenolic OH excluding ortho intramolecular Hbond substituents is 1. The lowest BCUT2D eigenvalue weighted by Crippen LogP contribution is -2.26. The van der Waals surface area contributed by atoms with Crippen LogP contribution in [0.2, 0.25) is 0 Å². The van der Waals surface area contributed by atoms with E-state index in [9.17, 15) is 18.0 Å². The van der Waals surface area contributed by atoms with Gasteiger partial charge in [-0.15, -0.1) is 0 Å². The molecule has 0 aliphatic heterocycles. The molecule has 2 aromatic carbocycles. The molecule has 3 nitrogen and oxygen atoms in total. The maximum Gasteiger partial charge on any atom is 0.429 e. The van der Waals surface area contributed by atoms with Crippen molar-refractivity contribution in [2.75, 3.05) is 0 Å². The summed E-state index contributed by atoms with van der Waals surface area (Å²) in [6.07, 6.45) is -5.63. The number of aromatic hydroxyl groups is 1. The van der Waals surface area contributed by atoms with Gasteiger partial charge in [0.25, 0.3) is 0 Å². The second-order valence-corrected chi connectivity index (χ2v) is 4.74. The Labute approximate surface area is 130 Å². The van der Waals surface area contributed by atoms with Crippen LogP contribution >= 0.6 is 0 Å². The smallest absolute Gasteiger partial charge is 0.429 e. The van der Waals surface area contributed by atoms with E-state index in [0.29, 0.717) is 0 Å². The first kappa shape index (κ1) is 16.6. The lowest BCUT2D eigenvalue weighted by Gasteiger charge is -2.21. The molecule has 0 fully saturated rings. The Hall–Kier alpha value is -2.76. The van der Waals surface area contributed by atoms with Crippen LogP contribution in [0.25, 0.3) is 6.08 Å². The van der Waals surface area contributed by atoms with Crippen molar-refractivity contribution in [3.05, 3.63) is 71.8 Å². The summed E-state index contributed by atoms with van der Waals surface area (Å²) >= 11 is 0. The van der Waals surface area contributed by atoms with E-state index >= 15 is 0 Å². The van der Waals surface area contributed by atoms with Gasteiger partial charge in [-0.2, -0.15) is 13.2 Å². The molecule has 0 heterocycles. The fourth-order valence-electron chi connectivity index (χ4n) is 1.90. The molecule has 1 atom stereocenters. The number of esters is 1. The molecule has 1 unspecified atom stereocenters. The van der Waals surface area contributed by atoms with Gasteiger partial charge in [-0.1, -0.05) is 36.9 Å². The number of phenols is 1. The third kappa shape index (κ3) is 4.12. The average molecular weight is 322 g/mol. The molecule has 120 valence electrons. The van der Waals surface area contributed by atoms with Gasteiger partial charge in [0, 0.05) is 5.56 Å². The fraction of sp³-hybridized carbons (Fsp3) is 0.118. The van der Waals surface area contributed by atoms with Crippen LogP contribution in [0.1, 0.15) is 27.6 Å². The van der Waals surface area contributed by atoms with E-state index in [1.165, 1.54) is 12.1 Å². The van der Waals surface area contributed by atoms with Gasteiger partial charge in [-0.3, -0.25) is 0 Å². The highest BCUT2D eigenvalue weighted by molar-refractivity contribution is 5.89. The van der Waals surface area contributed by atoms with Crippen molar-refractivity contribution in [2.45, 2.75) is 12.3 Å². The number of carbonyl (C=O) groups is 1. The van der Waals surface area contributed by atoms with Gasteiger partial charge in [-0.05, 0) is 29.8 Å². The summed E-state index contributed by atoms with van der Waals surface area (Å²) in [6, 6.07) is 10.1. The Balaban J connectivity index is 2.25. The summed E-state index contributed by atoms with van der Waals surface area (Å²) in [5, 5.41) is 9.15. The van der Waals surface area contributed by atoms with Crippen molar-refractivity contribution in [3.63, 3.8) is 0 Å². The van der Waals surface area contributed by atoms with Gasteiger partial charge >= 0.3 is 12.1 Å². The molecule has 2 aromatic rings. The SMILES string of the molecule is C=Cc1ccc(C(=O)OC(c2ccc(O)cc2)C(F)(F)F)cc1. The lowest BCUT2D eigenvalue weighted by atomic mass is 10.1. The summed E-state index contributed by atoms with van der Waals surface area (Å²) in [4.78, 5) is 11.9. The van der Waals surface area contributed by atoms with Crippen molar-refractivity contribution in [2.24, 2.45) is 0 Å². The topological polar surface area (TPSA) is 46.5 Å². The first-order valence-corrected chi connectivity index (χ1v) is 6.60. The summed E-state index contributed by atoms with van der Waals surface area (Å²) in [6.45, 7) is 3.55. The highest BCUT2D eigenvalue weighted by Gasteiger charge is 2.44. The van der Waals surface area contributed by atoms with Gasteiger partial charge in [0.2, 0.25) is 6.10 Å². The van der Waals surface area contributed by atoms with Crippen LogP contribution in [0.4, 0.5) is 13.2 Å². The largest absolute Gasteiger partial charge is 0.508 e. The zero-order valence-corrected chi connectivity index (χ0v) is 11.9. The van der Waals surface area contributed by atoms with Crippen LogP contribution in [-0.4, -0.2) is 17.3 Å². The van der Waals surface area contributed by atoms with Gasteiger partial charge < -0.3 is 9.84 Å². The predicted octanol–water partition coefficient (Wildman–Crippen LogP) is 4.50. The van der Waals surface area contributed by atoms with E-state index in [0.717, 1.165) is 29.8 Å². The van der Waals surface area contributed by atoms with E-state index in [1.807, 2.05) is 0 Å². The minimum Gasteiger partial charge on any atom is -0.508 e. The number of hydrogen-bond donors (Lipinski definition) is 1. The molecule has 0 aliphatic rings. The van der Waals surface area contributed by atoms with Gasteiger partial charge in [0.1, 0.15) is 5.75 Å². The molecule has 1 N–H and O–H groups in total. The van der Waals surface area contributed by atoms with Gasteiger partial charge in [0.15, 0.2) is 0 Å². The number of hydrogen-bond acceptors (Lipinski definition) is 3. The number of carbonyl (C=O) groups excluding carboxylic acids is 1. The van der Waals surface area contributed by atoms with E-state index in [4.69, 9.17) is 5.11 Å². The third-order valence-electron chi connectivity index (χ3n) is 3.10. The number of alkyl halides is 3. The van der Waals surface area contributed by atoms with Gasteiger partial charge in [0.05, 0.1) is 5.56 Å². The number of halogens is 3. The van der Waals surface area contributed by atoms with E-state index in [2.05, 4.69) is 11.3 Å². The normalized spacial score (nSPS) is 12.5. The molecule has 6 heteroatoms. The molecule has 0 radical (unpaired) electrons. The summed E-state index contributed by atoms with van der Waals surface area (Å²) in [5.74, 6) is -1.27. The van der Waals surface area contributed by atoms with Crippen LogP contribution in [0.15, 0.2) is 55.1 Å². The fourth-order valence-corrected chi connectivity index (χ4v) is 1.90. The lowest BCUT2D eigenvalue weighted by molar-refractivity contribution is -0.207. The summed E-state index contributed by atoms with van der Waals surface area (Å²) < 4.78 is 44.1. The molecule has 0 spiro atoms. The molecule has 23 heavy (non-hydrogen) atoms. The molecule has 0 aromatic heterocycles. The van der Waals surface area contributed by atoms with Gasteiger partial charge in [-0.25, -0.2) is 4.79 Å². The van der Waals surface area contributed by atoms with Crippen LogP contribution in [-0.2, 0) is 4.74 Å². The minimum atomic E-state index is -4.77. The van der Waals surface area contributed by atoms with Crippen LogP contribution in [0, 0.1) is 0 Å². The van der Waals surface area contributed by atoms with E-state index in [1.54, 1.807) is 18.2 Å². The summed E-state index contributed by atoms with van der Waals surface area (Å²) in [7, 11) is 0. The maximum atomic E-state index is 13.1. The second kappa shape index (κ2) is 6.56. The van der Waals surface area contributed by atoms with Crippen molar-refractivity contribution in [1.82, 2.24) is 0 Å². The first-order chi connectivity index (χ1) is 10.8. The Morgan fingerprint density at radius 1 is 1.09 bits per heavy atom. The van der Waals surface area contributed by atoms with Crippen molar-refractivity contribution in [1.29, 1.82) is 0 Å². The van der Waals surface area contributed by atoms with Crippen molar-refractivity contribution >= 4 is 12.0 Å². The van der Waals surface area contributed by atoms with Crippen molar-refractivity contribution in [3.8, 4) is 5.75 Å². The quantitative estimate of drug-likeness (QED) is 0.843. The molecule has 2 rings (SSSR count). The summed E-state index contributed by atoms with van der Waals surface area (Å²) in [5.41, 5.74) is 0.461. The minimum absolute atomic E-state index is 0.00336. The second-order valence-electron chi connectivity index (χ2n) is 4.74. The third-order valence-corrected chi connectivity index (χ3v) is 3.10. The number of ether oxygens (including phenoxy) is 1. The molecule has 0 saturated heterocycles. The molecular weight excluding hydrogens is 309 g/mol. The molecular formula is C17H13F3O3. The zero-order valence-electron chi connectivity index (χ0n) is 11.9. The van der Waals surface area contributed by atoms with E-state index < -0.39 is 18.2 Å².